The van der Waals surface area contributed by atoms with Crippen molar-refractivity contribution >= 4 is 0 Å². The molecular weight excluding hydrogens is 320 g/mol. The summed E-state index contributed by atoms with van der Waals surface area (Å²) in [5, 5.41) is 11.0. The quantitative estimate of drug-likeness (QED) is 0.789. The Bertz CT molecular complexity index is 478. The molecular formula is C20H32O5. The van der Waals surface area contributed by atoms with Crippen LogP contribution < -0.4 is 0 Å². The van der Waals surface area contributed by atoms with E-state index in [9.17, 15) is 5.11 Å². The normalized spacial score (nSPS) is 38.7. The summed E-state index contributed by atoms with van der Waals surface area (Å²) >= 11 is 0. The average molecular weight is 352 g/mol. The van der Waals surface area contributed by atoms with Crippen molar-refractivity contribution in [1.82, 2.24) is 0 Å². The number of allylic oxidation sites excluding steroid dienone is 1. The molecule has 0 amide bonds. The zero-order chi connectivity index (χ0) is 17.3. The highest BCUT2D eigenvalue weighted by molar-refractivity contribution is 5.03. The maximum atomic E-state index is 11.0. The van der Waals surface area contributed by atoms with E-state index in [1.165, 1.54) is 12.8 Å². The van der Waals surface area contributed by atoms with Crippen molar-refractivity contribution in [2.24, 2.45) is 0 Å². The van der Waals surface area contributed by atoms with Crippen molar-refractivity contribution in [2.45, 2.75) is 107 Å². The molecule has 0 aromatic carbocycles. The third kappa shape index (κ3) is 3.54. The van der Waals surface area contributed by atoms with Crippen LogP contribution in [0, 0.1) is 0 Å². The van der Waals surface area contributed by atoms with Crippen molar-refractivity contribution in [3.8, 4) is 0 Å². The Hall–Kier alpha value is -0.460. The predicted molar refractivity (Wildman–Crippen MR) is 93.0 cm³/mol. The van der Waals surface area contributed by atoms with Gasteiger partial charge in [0.05, 0.1) is 6.61 Å². The van der Waals surface area contributed by atoms with E-state index in [4.69, 9.17) is 18.9 Å². The van der Waals surface area contributed by atoms with E-state index in [0.717, 1.165) is 51.4 Å². The molecule has 4 atom stereocenters. The van der Waals surface area contributed by atoms with Crippen LogP contribution in [0.3, 0.4) is 0 Å². The van der Waals surface area contributed by atoms with E-state index < -0.39 is 17.7 Å². The largest absolute Gasteiger partial charge is 0.387 e. The second-order valence-corrected chi connectivity index (χ2v) is 8.09. The molecule has 2 unspecified atom stereocenters. The fraction of sp³-hybridized carbons (Fsp3) is 0.900. The van der Waals surface area contributed by atoms with Gasteiger partial charge in [0.2, 0.25) is 0 Å². The first-order chi connectivity index (χ1) is 12.2. The molecule has 2 saturated carbocycles. The summed E-state index contributed by atoms with van der Waals surface area (Å²) in [6.07, 6.45) is 13.0. The van der Waals surface area contributed by atoms with Gasteiger partial charge in [0.1, 0.15) is 24.4 Å². The molecule has 5 heteroatoms. The summed E-state index contributed by atoms with van der Waals surface area (Å²) in [4.78, 5) is 0. The van der Waals surface area contributed by atoms with E-state index in [1.807, 2.05) is 19.1 Å². The number of hydrogen-bond acceptors (Lipinski definition) is 5. The number of hydrogen-bond donors (Lipinski definition) is 1. The van der Waals surface area contributed by atoms with Gasteiger partial charge in [-0.1, -0.05) is 25.0 Å². The Morgan fingerprint density at radius 1 is 0.880 bits per heavy atom. The topological polar surface area (TPSA) is 57.2 Å². The van der Waals surface area contributed by atoms with Gasteiger partial charge in [-0.25, -0.2) is 0 Å². The molecule has 0 radical (unpaired) electrons. The van der Waals surface area contributed by atoms with Crippen LogP contribution in [-0.4, -0.2) is 47.7 Å². The van der Waals surface area contributed by atoms with Crippen LogP contribution in [0.4, 0.5) is 0 Å². The van der Waals surface area contributed by atoms with Crippen LogP contribution in [0.1, 0.15) is 71.1 Å². The van der Waals surface area contributed by atoms with Crippen LogP contribution >= 0.6 is 0 Å². The molecule has 2 spiro atoms. The first-order valence-electron chi connectivity index (χ1n) is 10.1. The van der Waals surface area contributed by atoms with Crippen LogP contribution in [-0.2, 0) is 18.9 Å². The van der Waals surface area contributed by atoms with Crippen LogP contribution in [0.15, 0.2) is 12.2 Å². The summed E-state index contributed by atoms with van der Waals surface area (Å²) in [5.74, 6) is -0.988. The summed E-state index contributed by atoms with van der Waals surface area (Å²) in [6, 6.07) is 0. The summed E-state index contributed by atoms with van der Waals surface area (Å²) in [6.45, 7) is 2.42. The fourth-order valence-corrected chi connectivity index (χ4v) is 4.90. The van der Waals surface area contributed by atoms with Gasteiger partial charge in [0.15, 0.2) is 11.6 Å². The smallest absolute Gasteiger partial charge is 0.169 e. The number of ether oxygens (including phenoxy) is 4. The van der Waals surface area contributed by atoms with E-state index in [-0.39, 0.29) is 18.3 Å². The zero-order valence-electron chi connectivity index (χ0n) is 15.3. The molecule has 4 fully saturated rings. The van der Waals surface area contributed by atoms with Crippen LogP contribution in [0.5, 0.6) is 0 Å². The molecule has 2 aliphatic carbocycles. The van der Waals surface area contributed by atoms with E-state index in [2.05, 4.69) is 0 Å². The summed E-state index contributed by atoms with van der Waals surface area (Å²) in [5.41, 5.74) is 0. The van der Waals surface area contributed by atoms with Crippen molar-refractivity contribution in [3.05, 3.63) is 12.2 Å². The van der Waals surface area contributed by atoms with Gasteiger partial charge in [-0.15, -0.1) is 0 Å². The highest BCUT2D eigenvalue weighted by atomic mass is 16.8. The maximum Gasteiger partial charge on any atom is 0.169 e. The van der Waals surface area contributed by atoms with Crippen molar-refractivity contribution in [2.75, 3.05) is 6.61 Å². The van der Waals surface area contributed by atoms with E-state index in [1.54, 1.807) is 0 Å². The first-order valence-corrected chi connectivity index (χ1v) is 10.1. The average Bonchev–Trinajstić information content (AvgIpc) is 3.19. The standard InChI is InChI=1S/C20H32O5/c1-2-9-15-18(25-20(23-15)12-7-4-8-13-20)17(21)16-14-22-19(24-16)10-5-3-6-11-19/h2,9,15-18,21H,3-8,10-14H2,1H3/t15-,16?,17-,18?/m0/s1. The first kappa shape index (κ1) is 17.9. The van der Waals surface area contributed by atoms with Crippen LogP contribution in [0.25, 0.3) is 0 Å². The minimum Gasteiger partial charge on any atom is -0.387 e. The van der Waals surface area contributed by atoms with Gasteiger partial charge in [0.25, 0.3) is 0 Å². The minimum absolute atomic E-state index is 0.218. The highest BCUT2D eigenvalue weighted by Gasteiger charge is 2.53. The SMILES string of the molecule is CC=C[C@@H]1OC2(CCCCC2)OC1[C@@H](O)C1COC2(CCCCC2)O1. The minimum atomic E-state index is -0.733. The van der Waals surface area contributed by atoms with Gasteiger partial charge in [0, 0.05) is 25.7 Å². The molecule has 4 aliphatic rings. The molecule has 1 N–H and O–H groups in total. The molecule has 2 aliphatic heterocycles. The Morgan fingerprint density at radius 2 is 1.52 bits per heavy atom. The fourth-order valence-electron chi connectivity index (χ4n) is 4.90. The molecule has 2 heterocycles. The molecule has 4 rings (SSSR count). The Kier molecular flexibility index (Phi) is 5.22. The van der Waals surface area contributed by atoms with Gasteiger partial charge in [-0.2, -0.15) is 0 Å². The Labute approximate surface area is 150 Å². The van der Waals surface area contributed by atoms with Gasteiger partial charge in [-0.3, -0.25) is 0 Å². The molecule has 0 bridgehead atoms. The molecule has 25 heavy (non-hydrogen) atoms. The lowest BCUT2D eigenvalue weighted by atomic mass is 9.94. The monoisotopic (exact) mass is 352 g/mol. The van der Waals surface area contributed by atoms with Gasteiger partial charge in [-0.05, 0) is 32.6 Å². The van der Waals surface area contributed by atoms with Crippen LogP contribution in [0.2, 0.25) is 0 Å². The maximum absolute atomic E-state index is 11.0. The second-order valence-electron chi connectivity index (χ2n) is 8.09. The number of aliphatic hydroxyl groups is 1. The summed E-state index contributed by atoms with van der Waals surface area (Å²) in [7, 11) is 0. The molecule has 5 nitrogen and oxygen atoms in total. The third-order valence-corrected chi connectivity index (χ3v) is 6.23. The summed E-state index contributed by atoms with van der Waals surface area (Å²) < 4.78 is 24.9. The molecule has 0 aromatic heterocycles. The predicted octanol–water partition coefficient (Wildman–Crippen LogP) is 3.44. The Balaban J connectivity index is 1.45. The molecule has 0 aromatic rings. The highest BCUT2D eigenvalue weighted by Crippen LogP contribution is 2.44. The lowest BCUT2D eigenvalue weighted by Gasteiger charge is -2.34. The Morgan fingerprint density at radius 3 is 2.16 bits per heavy atom. The second kappa shape index (κ2) is 7.28. The number of rotatable bonds is 3. The van der Waals surface area contributed by atoms with Crippen molar-refractivity contribution < 1.29 is 24.1 Å². The molecule has 2 saturated heterocycles. The van der Waals surface area contributed by atoms with Crippen molar-refractivity contribution in [1.29, 1.82) is 0 Å². The molecule has 142 valence electrons. The lowest BCUT2D eigenvalue weighted by Crippen LogP contribution is -2.45. The van der Waals surface area contributed by atoms with Gasteiger partial charge < -0.3 is 24.1 Å². The van der Waals surface area contributed by atoms with Crippen molar-refractivity contribution in [3.63, 3.8) is 0 Å². The zero-order valence-corrected chi connectivity index (χ0v) is 15.3. The number of aliphatic hydroxyl groups excluding tert-OH is 1. The van der Waals surface area contributed by atoms with E-state index in [0.29, 0.717) is 6.61 Å². The van der Waals surface area contributed by atoms with Gasteiger partial charge >= 0.3 is 0 Å². The lowest BCUT2D eigenvalue weighted by molar-refractivity contribution is -0.216. The van der Waals surface area contributed by atoms with E-state index >= 15 is 0 Å². The third-order valence-electron chi connectivity index (χ3n) is 6.23.